The lowest BCUT2D eigenvalue weighted by Crippen LogP contribution is -2.10. The highest BCUT2D eigenvalue weighted by atomic mass is 16.3. The summed E-state index contributed by atoms with van der Waals surface area (Å²) >= 11 is 0. The number of fused-ring (bicyclic) bond motifs is 6. The summed E-state index contributed by atoms with van der Waals surface area (Å²) in [6.45, 7) is 0. The van der Waals surface area contributed by atoms with E-state index in [0.717, 1.165) is 44.6 Å². The highest BCUT2D eigenvalue weighted by molar-refractivity contribution is 6.09. The molecule has 0 atom stereocenters. The molecule has 0 saturated heterocycles. The largest absolute Gasteiger partial charge is 0.456 e. The Morgan fingerprint density at radius 2 is 0.839 bits per heavy atom. The van der Waals surface area contributed by atoms with Crippen molar-refractivity contribution in [1.82, 2.24) is 0 Å². The molecule has 0 N–H and O–H groups in total. The maximum absolute atomic E-state index is 6.30. The van der Waals surface area contributed by atoms with Gasteiger partial charge >= 0.3 is 0 Å². The minimum Gasteiger partial charge on any atom is -0.456 e. The van der Waals surface area contributed by atoms with Gasteiger partial charge in [-0.05, 0) is 127 Å². The first-order valence-corrected chi connectivity index (χ1v) is 19.2. The van der Waals surface area contributed by atoms with E-state index in [9.17, 15) is 0 Å². The summed E-state index contributed by atoms with van der Waals surface area (Å²) < 4.78 is 6.30. The van der Waals surface area contributed by atoms with Gasteiger partial charge in [-0.15, -0.1) is 0 Å². The number of anilines is 3. The molecule has 1 aromatic heterocycles. The minimum absolute atomic E-state index is 0.902. The molecule has 56 heavy (non-hydrogen) atoms. The van der Waals surface area contributed by atoms with E-state index in [-0.39, 0.29) is 0 Å². The zero-order valence-corrected chi connectivity index (χ0v) is 30.6. The van der Waals surface area contributed by atoms with E-state index in [2.05, 4.69) is 205 Å². The van der Waals surface area contributed by atoms with Gasteiger partial charge in [-0.2, -0.15) is 0 Å². The molecule has 2 heteroatoms. The summed E-state index contributed by atoms with van der Waals surface area (Å²) in [4.78, 5) is 2.38. The van der Waals surface area contributed by atoms with Crippen LogP contribution in [-0.2, 0) is 0 Å². The van der Waals surface area contributed by atoms with Crippen molar-refractivity contribution >= 4 is 71.3 Å². The third kappa shape index (κ3) is 5.51. The second-order valence-electron chi connectivity index (χ2n) is 14.5. The summed E-state index contributed by atoms with van der Waals surface area (Å²) in [7, 11) is 0. The molecule has 2 nitrogen and oxygen atoms in total. The Kier molecular flexibility index (Phi) is 7.53. The SMILES string of the molecule is c1ccc(N(c2cccc(-c3ccc4cc(-c5ccc6ccccc6c5)ccc4c3)c2)c2ccc(-c3ccc4c(c3)oc3ccccc34)c3ccccc23)cc1. The van der Waals surface area contributed by atoms with Crippen LogP contribution in [0.5, 0.6) is 0 Å². The van der Waals surface area contributed by atoms with E-state index in [1.807, 2.05) is 12.1 Å². The number of furan rings is 1. The smallest absolute Gasteiger partial charge is 0.136 e. The zero-order valence-electron chi connectivity index (χ0n) is 30.6. The van der Waals surface area contributed by atoms with Crippen molar-refractivity contribution < 1.29 is 4.42 Å². The molecular weight excluding hydrogens is 679 g/mol. The van der Waals surface area contributed by atoms with Crippen LogP contribution >= 0.6 is 0 Å². The normalized spacial score (nSPS) is 11.6. The molecule has 0 unspecified atom stereocenters. The molecule has 0 amide bonds. The number of rotatable bonds is 6. The topological polar surface area (TPSA) is 16.4 Å². The molecule has 1 heterocycles. The number of hydrogen-bond donors (Lipinski definition) is 0. The predicted molar refractivity (Wildman–Crippen MR) is 237 cm³/mol. The maximum Gasteiger partial charge on any atom is 0.136 e. The van der Waals surface area contributed by atoms with E-state index >= 15 is 0 Å². The van der Waals surface area contributed by atoms with Crippen LogP contribution in [0.15, 0.2) is 217 Å². The fourth-order valence-electron chi connectivity index (χ4n) is 8.43. The highest BCUT2D eigenvalue weighted by Gasteiger charge is 2.19. The van der Waals surface area contributed by atoms with Crippen LogP contribution in [0.1, 0.15) is 0 Å². The second-order valence-corrected chi connectivity index (χ2v) is 14.5. The molecule has 11 aromatic rings. The Morgan fingerprint density at radius 1 is 0.286 bits per heavy atom. The van der Waals surface area contributed by atoms with Crippen LogP contribution in [0.25, 0.3) is 87.6 Å². The number of nitrogens with zero attached hydrogens (tertiary/aromatic N) is 1. The van der Waals surface area contributed by atoms with Crippen LogP contribution in [0, 0.1) is 0 Å². The summed E-state index contributed by atoms with van der Waals surface area (Å²) in [5.74, 6) is 0. The molecule has 0 aliphatic heterocycles. The van der Waals surface area contributed by atoms with Gasteiger partial charge in [-0.25, -0.2) is 0 Å². The number of hydrogen-bond acceptors (Lipinski definition) is 2. The van der Waals surface area contributed by atoms with Crippen molar-refractivity contribution in [2.75, 3.05) is 4.90 Å². The fourth-order valence-corrected chi connectivity index (χ4v) is 8.43. The molecule has 0 aliphatic rings. The van der Waals surface area contributed by atoms with E-state index in [1.165, 1.54) is 60.1 Å². The Balaban J connectivity index is 0.989. The first-order chi connectivity index (χ1) is 27.7. The van der Waals surface area contributed by atoms with Gasteiger partial charge in [0, 0.05) is 27.5 Å². The Hall–Kier alpha value is -7.42. The molecule has 0 saturated carbocycles. The molecule has 0 fully saturated rings. The minimum atomic E-state index is 0.902. The second kappa shape index (κ2) is 13.2. The van der Waals surface area contributed by atoms with Gasteiger partial charge in [0.1, 0.15) is 11.2 Å². The molecule has 10 aromatic carbocycles. The molecular formula is C54H35NO. The van der Waals surface area contributed by atoms with Crippen LogP contribution in [0.2, 0.25) is 0 Å². The number of benzene rings is 10. The molecule has 0 bridgehead atoms. The number of para-hydroxylation sites is 2. The monoisotopic (exact) mass is 713 g/mol. The fraction of sp³-hybridized carbons (Fsp3) is 0. The van der Waals surface area contributed by atoms with Crippen LogP contribution in [-0.4, -0.2) is 0 Å². The van der Waals surface area contributed by atoms with Crippen molar-refractivity contribution in [1.29, 1.82) is 0 Å². The van der Waals surface area contributed by atoms with Gasteiger partial charge in [0.05, 0.1) is 5.69 Å². The Bertz CT molecular complexity index is 3270. The molecule has 0 aliphatic carbocycles. The van der Waals surface area contributed by atoms with Gasteiger partial charge in [0.15, 0.2) is 0 Å². The molecule has 11 rings (SSSR count). The van der Waals surface area contributed by atoms with E-state index in [1.54, 1.807) is 0 Å². The van der Waals surface area contributed by atoms with Gasteiger partial charge in [-0.3, -0.25) is 0 Å². The zero-order chi connectivity index (χ0) is 37.0. The van der Waals surface area contributed by atoms with Gasteiger partial charge in [-0.1, -0.05) is 146 Å². The van der Waals surface area contributed by atoms with E-state index < -0.39 is 0 Å². The summed E-state index contributed by atoms with van der Waals surface area (Å²) in [5, 5.41) is 9.62. The molecule has 0 spiro atoms. The molecule has 0 radical (unpaired) electrons. The van der Waals surface area contributed by atoms with Gasteiger partial charge in [0.2, 0.25) is 0 Å². The van der Waals surface area contributed by atoms with Crippen molar-refractivity contribution in [2.45, 2.75) is 0 Å². The van der Waals surface area contributed by atoms with E-state index in [0.29, 0.717) is 0 Å². The van der Waals surface area contributed by atoms with Gasteiger partial charge in [0.25, 0.3) is 0 Å². The quantitative estimate of drug-likeness (QED) is 0.171. The Morgan fingerprint density at radius 3 is 1.61 bits per heavy atom. The standard InChI is InChI=1S/C54H35NO/c1-2-14-45(15-3-1)55(52-30-29-47(48-17-6-7-18-49(48)52)44-27-28-51-50-19-8-9-20-53(50)56-54(51)35-44)46-16-10-13-38(34-46)39-23-24-43-33-42(26-25-41(43)32-39)40-22-21-36-11-4-5-12-37(36)31-40/h1-35H. The lowest BCUT2D eigenvalue weighted by molar-refractivity contribution is 0.669. The summed E-state index contributed by atoms with van der Waals surface area (Å²) in [6.07, 6.45) is 0. The van der Waals surface area contributed by atoms with E-state index in [4.69, 9.17) is 4.42 Å². The van der Waals surface area contributed by atoms with Gasteiger partial charge < -0.3 is 9.32 Å². The van der Waals surface area contributed by atoms with Crippen molar-refractivity contribution in [2.24, 2.45) is 0 Å². The average molecular weight is 714 g/mol. The highest BCUT2D eigenvalue weighted by Crippen LogP contribution is 2.44. The molecule has 262 valence electrons. The summed E-state index contributed by atoms with van der Waals surface area (Å²) in [5.41, 5.74) is 12.3. The maximum atomic E-state index is 6.30. The predicted octanol–water partition coefficient (Wildman–Crippen LogP) is 15.5. The van der Waals surface area contributed by atoms with Crippen molar-refractivity contribution in [3.63, 3.8) is 0 Å². The Labute approximate surface area is 325 Å². The lowest BCUT2D eigenvalue weighted by Gasteiger charge is -2.28. The van der Waals surface area contributed by atoms with Crippen LogP contribution in [0.4, 0.5) is 17.1 Å². The first kappa shape index (κ1) is 32.0. The van der Waals surface area contributed by atoms with Crippen molar-refractivity contribution in [3.8, 4) is 33.4 Å². The average Bonchev–Trinajstić information content (AvgIpc) is 3.64. The van der Waals surface area contributed by atoms with Crippen LogP contribution in [0.3, 0.4) is 0 Å². The third-order valence-electron chi connectivity index (χ3n) is 11.2. The first-order valence-electron chi connectivity index (χ1n) is 19.2. The lowest BCUT2D eigenvalue weighted by atomic mass is 9.95. The van der Waals surface area contributed by atoms with Crippen LogP contribution < -0.4 is 4.90 Å². The van der Waals surface area contributed by atoms with Crippen molar-refractivity contribution in [3.05, 3.63) is 212 Å². The summed E-state index contributed by atoms with van der Waals surface area (Å²) in [6, 6.07) is 76.6. The third-order valence-corrected chi connectivity index (χ3v) is 11.2.